The second-order valence-corrected chi connectivity index (χ2v) is 5.79. The molecule has 9 nitrogen and oxygen atoms in total. The molecule has 1 unspecified atom stereocenters. The van der Waals surface area contributed by atoms with E-state index in [0.717, 1.165) is 4.90 Å². The van der Waals surface area contributed by atoms with E-state index in [-0.39, 0.29) is 44.8 Å². The van der Waals surface area contributed by atoms with E-state index >= 15 is 0 Å². The molecule has 28 heavy (non-hydrogen) atoms. The molecule has 1 aromatic carbocycles. The van der Waals surface area contributed by atoms with Gasteiger partial charge in [0.25, 0.3) is 5.91 Å². The number of nitrogens with zero attached hydrogens (tertiary/aromatic N) is 4. The molecular weight excluding hydrogens is 362 g/mol. The normalized spacial score (nSPS) is 35.0. The molecule has 0 aliphatic carbocycles. The van der Waals surface area contributed by atoms with Crippen molar-refractivity contribution in [1.29, 1.82) is 0 Å². The summed E-state index contributed by atoms with van der Waals surface area (Å²) in [5.74, 6) is -1.65. The number of benzene rings is 1. The molecule has 2 aromatic rings. The van der Waals surface area contributed by atoms with Crippen molar-refractivity contribution in [1.82, 2.24) is 14.9 Å². The van der Waals surface area contributed by atoms with E-state index in [9.17, 15) is 4.79 Å². The number of rotatable bonds is 5. The molecule has 2 aliphatic rings. The molecule has 1 amide bonds. The van der Waals surface area contributed by atoms with Crippen LogP contribution in [0, 0.1) is 0 Å². The molecular formula is C19H25N5O4. The van der Waals surface area contributed by atoms with Gasteiger partial charge in [0.1, 0.15) is 11.9 Å². The maximum Gasteiger partial charge on any atom is 0.251 e. The summed E-state index contributed by atoms with van der Waals surface area (Å²) < 4.78 is 112. The number of ether oxygens (including phenoxy) is 3. The first kappa shape index (κ1) is 9.13. The third kappa shape index (κ3) is 3.37. The molecule has 0 radical (unpaired) electrons. The van der Waals surface area contributed by atoms with Crippen LogP contribution in [0.4, 0.5) is 11.8 Å². The summed E-state index contributed by atoms with van der Waals surface area (Å²) >= 11 is 0. The Hall–Kier alpha value is -2.81. The molecule has 150 valence electrons. The fourth-order valence-corrected chi connectivity index (χ4v) is 2.73. The molecule has 2 fully saturated rings. The lowest BCUT2D eigenvalue weighted by Crippen LogP contribution is -2.51. The van der Waals surface area contributed by atoms with Crippen molar-refractivity contribution in [3.05, 3.63) is 12.1 Å². The van der Waals surface area contributed by atoms with Gasteiger partial charge in [-0.05, 0) is 18.8 Å². The van der Waals surface area contributed by atoms with Crippen molar-refractivity contribution in [2.75, 3.05) is 57.5 Å². The Morgan fingerprint density at radius 3 is 2.68 bits per heavy atom. The van der Waals surface area contributed by atoms with Crippen LogP contribution in [0.1, 0.15) is 26.5 Å². The van der Waals surface area contributed by atoms with Gasteiger partial charge >= 0.3 is 0 Å². The number of carbonyl (C=O) groups excluding carboxylic acids is 1. The molecule has 0 saturated carbocycles. The van der Waals surface area contributed by atoms with Crippen molar-refractivity contribution >= 4 is 28.6 Å². The molecule has 2 aliphatic heterocycles. The zero-order valence-corrected chi connectivity index (χ0v) is 15.0. The van der Waals surface area contributed by atoms with Gasteiger partial charge in [-0.3, -0.25) is 4.79 Å². The van der Waals surface area contributed by atoms with E-state index in [1.165, 1.54) is 26.4 Å². The summed E-state index contributed by atoms with van der Waals surface area (Å²) in [4.78, 5) is 22.9. The smallest absolute Gasteiger partial charge is 0.251 e. The third-order valence-electron chi connectivity index (χ3n) is 4.17. The van der Waals surface area contributed by atoms with Gasteiger partial charge in [-0.25, -0.2) is 4.98 Å². The zero-order chi connectivity index (χ0) is 30.2. The number of hydrogen-bond donors (Lipinski definition) is 1. The van der Waals surface area contributed by atoms with Crippen LogP contribution in [0.15, 0.2) is 12.1 Å². The Labute approximate surface area is 180 Å². The van der Waals surface area contributed by atoms with E-state index in [1.807, 2.05) is 0 Å². The Balaban J connectivity index is 1.75. The fourth-order valence-electron chi connectivity index (χ4n) is 2.73. The molecule has 2 N–H and O–H groups in total. The van der Waals surface area contributed by atoms with Gasteiger partial charge in [-0.1, -0.05) is 0 Å². The van der Waals surface area contributed by atoms with Crippen LogP contribution in [-0.2, 0) is 9.53 Å². The number of methoxy groups -OCH3 is 2. The first-order valence-electron chi connectivity index (χ1n) is 14.1. The number of nitrogens with two attached hydrogens (primary N) is 1. The standard InChI is InChI=1S/C19H25N5O4/c1-26-15-10-12-13(11-16(15)27-2)21-19(22-17(12)20)24-7-5-23(6-8-24)18(25)14-4-3-9-28-14/h10-11,14H,3-9H2,1-2H3,(H2,20,21,22)/i3D2,4D2,5D2,6D2,9D2/hD2. The first-order valence-corrected chi connectivity index (χ1v) is 8.20. The first-order chi connectivity index (χ1) is 18.2. The van der Waals surface area contributed by atoms with Gasteiger partial charge in [0, 0.05) is 49.6 Å². The maximum atomic E-state index is 13.3. The molecule has 9 heteroatoms. The van der Waals surface area contributed by atoms with Crippen LogP contribution in [-0.4, -0.2) is 73.7 Å². The second-order valence-electron chi connectivity index (χ2n) is 5.79. The van der Waals surface area contributed by atoms with E-state index in [1.54, 1.807) is 0 Å². The van der Waals surface area contributed by atoms with Crippen molar-refractivity contribution in [3.8, 4) is 11.5 Å². The predicted octanol–water partition coefficient (Wildman–Crippen LogP) is 1.06. The van der Waals surface area contributed by atoms with E-state index < -0.39 is 57.4 Å². The molecule has 0 spiro atoms. The highest BCUT2D eigenvalue weighted by Crippen LogP contribution is 2.34. The van der Waals surface area contributed by atoms with Gasteiger partial charge in [-0.15, -0.1) is 0 Å². The fraction of sp³-hybridized carbons (Fsp3) is 0.526. The summed E-state index contributed by atoms with van der Waals surface area (Å²) in [6, 6.07) is 2.86. The molecule has 3 heterocycles. The molecule has 2 saturated heterocycles. The lowest BCUT2D eigenvalue weighted by molar-refractivity contribution is -0.141. The molecule has 1 atom stereocenters. The highest BCUT2D eigenvalue weighted by molar-refractivity contribution is 5.91. The van der Waals surface area contributed by atoms with Crippen molar-refractivity contribution in [2.24, 2.45) is 0 Å². The van der Waals surface area contributed by atoms with Gasteiger partial charge < -0.3 is 29.7 Å². The summed E-state index contributed by atoms with van der Waals surface area (Å²) in [5, 5.41) is 0.204. The van der Waals surface area contributed by atoms with Gasteiger partial charge in [0.15, 0.2) is 14.3 Å². The van der Waals surface area contributed by atoms with Crippen LogP contribution in [0.25, 0.3) is 10.9 Å². The second kappa shape index (κ2) is 7.67. The SMILES string of the molecule is [2H]N([2H])c1nc(N2CC([2H])([2H])N(C(=O)C3OC([2H])([2H])C([2H])([2H])C3([2H])[2H])C([2H])([2H])C2)nc2cc(OC)c(OC)cc12. The minimum Gasteiger partial charge on any atom is -0.493 e. The quantitative estimate of drug-likeness (QED) is 0.796. The Morgan fingerprint density at radius 2 is 2.04 bits per heavy atom. The molecule has 4 rings (SSSR count). The third-order valence-corrected chi connectivity index (χ3v) is 4.17. The Morgan fingerprint density at radius 1 is 1.29 bits per heavy atom. The lowest BCUT2D eigenvalue weighted by Gasteiger charge is -2.35. The van der Waals surface area contributed by atoms with Gasteiger partial charge in [0.2, 0.25) is 5.95 Å². The minimum absolute atomic E-state index is 0.0770. The van der Waals surface area contributed by atoms with Crippen LogP contribution < -0.4 is 20.1 Å². The number of amides is 1. The van der Waals surface area contributed by atoms with Crippen LogP contribution >= 0.6 is 0 Å². The predicted molar refractivity (Wildman–Crippen MR) is 105 cm³/mol. The highest BCUT2D eigenvalue weighted by atomic mass is 16.5. The highest BCUT2D eigenvalue weighted by Gasteiger charge is 2.31. The van der Waals surface area contributed by atoms with E-state index in [0.29, 0.717) is 0 Å². The summed E-state index contributed by atoms with van der Waals surface area (Å²) in [7, 11) is 2.76. The Kier molecular flexibility index (Phi) is 2.50. The topological polar surface area (TPSA) is 103 Å². The number of carbonyl (C=O) groups is 1. The van der Waals surface area contributed by atoms with Crippen molar-refractivity contribution < 1.29 is 35.5 Å². The molecule has 0 bridgehead atoms. The van der Waals surface area contributed by atoms with E-state index in [2.05, 4.69) is 9.97 Å². The van der Waals surface area contributed by atoms with Gasteiger partial charge in [-0.2, -0.15) is 4.98 Å². The molecule has 1 aromatic heterocycles. The van der Waals surface area contributed by atoms with Crippen molar-refractivity contribution in [2.45, 2.75) is 18.8 Å². The number of hydrogen-bond acceptors (Lipinski definition) is 8. The van der Waals surface area contributed by atoms with E-state index in [4.69, 9.17) is 30.7 Å². The van der Waals surface area contributed by atoms with Crippen LogP contribution in [0.5, 0.6) is 11.5 Å². The van der Waals surface area contributed by atoms with Crippen LogP contribution in [0.2, 0.25) is 2.82 Å². The number of aromatic nitrogens is 2. The minimum atomic E-state index is -3.31. The number of nitrogen functional groups attached to an aromatic ring is 1. The summed E-state index contributed by atoms with van der Waals surface area (Å²) in [6.07, 6.45) is -9.06. The largest absolute Gasteiger partial charge is 0.493 e. The average Bonchev–Trinajstić information content (AvgIpc) is 2.96. The average molecular weight is 400 g/mol. The monoisotopic (exact) mass is 399 g/mol. The summed E-state index contributed by atoms with van der Waals surface area (Å²) in [5.41, 5.74) is 0.336. The number of fused-ring (bicyclic) bond motifs is 1. The van der Waals surface area contributed by atoms with Crippen LogP contribution in [0.3, 0.4) is 0 Å². The maximum absolute atomic E-state index is 13.3. The number of piperazine rings is 1. The lowest BCUT2D eigenvalue weighted by atomic mass is 10.2. The number of anilines is 2. The van der Waals surface area contributed by atoms with Crippen molar-refractivity contribution in [3.63, 3.8) is 0 Å². The Bertz CT molecular complexity index is 1330. The zero-order valence-electron chi connectivity index (χ0n) is 27.0. The van der Waals surface area contributed by atoms with Gasteiger partial charge in [0.05, 0.1) is 28.0 Å². The summed E-state index contributed by atoms with van der Waals surface area (Å²) in [6.45, 7) is -10.6.